The summed E-state index contributed by atoms with van der Waals surface area (Å²) < 4.78 is 25.6. The minimum Gasteiger partial charge on any atom is -0.357 e. The molecule has 8 heteroatoms. The zero-order chi connectivity index (χ0) is 17.8. The van der Waals surface area contributed by atoms with Gasteiger partial charge in [0.15, 0.2) is 5.96 Å². The van der Waals surface area contributed by atoms with E-state index in [9.17, 15) is 8.42 Å². The molecule has 25 heavy (non-hydrogen) atoms. The molecule has 2 aliphatic rings. The molecule has 0 aromatic rings. The van der Waals surface area contributed by atoms with Crippen molar-refractivity contribution in [2.24, 2.45) is 10.4 Å². The number of sulfonamides is 1. The number of likely N-dealkylation sites (tertiary alicyclic amines) is 1. The summed E-state index contributed by atoms with van der Waals surface area (Å²) in [7, 11) is -3.24. The van der Waals surface area contributed by atoms with Gasteiger partial charge >= 0.3 is 0 Å². The van der Waals surface area contributed by atoms with E-state index in [0.29, 0.717) is 12.0 Å². The van der Waals surface area contributed by atoms with Crippen LogP contribution in [0.4, 0.5) is 0 Å². The molecule has 0 unspecified atom stereocenters. The molecule has 1 saturated heterocycles. The summed E-state index contributed by atoms with van der Waals surface area (Å²) in [6.45, 7) is 9.18. The van der Waals surface area contributed by atoms with E-state index in [1.54, 1.807) is 0 Å². The second-order valence-corrected chi connectivity index (χ2v) is 9.91. The summed E-state index contributed by atoms with van der Waals surface area (Å²) in [5, 5.41) is 3.38. The fourth-order valence-electron chi connectivity index (χ4n) is 4.06. The molecule has 0 aromatic carbocycles. The molecular weight excluding hydrogens is 451 g/mol. The summed E-state index contributed by atoms with van der Waals surface area (Å²) in [5.74, 6) is 0.920. The van der Waals surface area contributed by atoms with Crippen LogP contribution in [0.2, 0.25) is 0 Å². The van der Waals surface area contributed by atoms with Gasteiger partial charge in [-0.05, 0) is 45.4 Å². The maximum Gasteiger partial charge on any atom is 0.209 e. The lowest BCUT2D eigenvalue weighted by atomic mass is 9.73. The first kappa shape index (κ1) is 23.0. The van der Waals surface area contributed by atoms with Crippen molar-refractivity contribution in [2.75, 3.05) is 32.4 Å². The maximum absolute atomic E-state index is 11.5. The van der Waals surface area contributed by atoms with Gasteiger partial charge in [0.05, 0.1) is 12.8 Å². The van der Waals surface area contributed by atoms with Crippen molar-refractivity contribution in [3.8, 4) is 0 Å². The molecule has 0 amide bonds. The van der Waals surface area contributed by atoms with Gasteiger partial charge in [-0.2, -0.15) is 0 Å². The third-order valence-corrected chi connectivity index (χ3v) is 6.00. The summed E-state index contributed by atoms with van der Waals surface area (Å²) in [5.41, 5.74) is -0.106. The van der Waals surface area contributed by atoms with Gasteiger partial charge in [0.1, 0.15) is 0 Å². The number of hydrogen-bond acceptors (Lipinski definition) is 3. The van der Waals surface area contributed by atoms with Crippen molar-refractivity contribution in [3.05, 3.63) is 0 Å². The second kappa shape index (κ2) is 9.21. The highest BCUT2D eigenvalue weighted by Crippen LogP contribution is 2.43. The van der Waals surface area contributed by atoms with Crippen LogP contribution < -0.4 is 10.0 Å². The Morgan fingerprint density at radius 1 is 1.20 bits per heavy atom. The van der Waals surface area contributed by atoms with Crippen molar-refractivity contribution in [3.63, 3.8) is 0 Å². The molecule has 2 rings (SSSR count). The third kappa shape index (κ3) is 7.21. The molecule has 1 heterocycles. The summed E-state index contributed by atoms with van der Waals surface area (Å²) in [4.78, 5) is 7.10. The van der Waals surface area contributed by atoms with Crippen LogP contribution in [0.5, 0.6) is 0 Å². The summed E-state index contributed by atoms with van der Waals surface area (Å²) in [6, 6.07) is 0. The van der Waals surface area contributed by atoms with Crippen LogP contribution in [0.3, 0.4) is 0 Å². The monoisotopic (exact) mass is 486 g/mol. The molecule has 1 aliphatic carbocycles. The van der Waals surface area contributed by atoms with Crippen LogP contribution in [0.1, 0.15) is 59.3 Å². The molecule has 0 aromatic heterocycles. The van der Waals surface area contributed by atoms with Crippen molar-refractivity contribution in [1.29, 1.82) is 0 Å². The lowest BCUT2D eigenvalue weighted by Crippen LogP contribution is -2.47. The normalized spacial score (nSPS) is 21.3. The van der Waals surface area contributed by atoms with Gasteiger partial charge in [0.25, 0.3) is 0 Å². The quantitative estimate of drug-likeness (QED) is 0.356. The standard InChI is InChI=1S/C17H34N4O2S.HI/c1-5-18-15(19-13-16(2,3)20-24(4,22)23)21-12-11-17(14-21)9-7-6-8-10-17;/h20H,5-14H2,1-4H3,(H,18,19);1H. The minimum absolute atomic E-state index is 0. The van der Waals surface area contributed by atoms with Gasteiger partial charge in [-0.25, -0.2) is 13.1 Å². The first-order valence-corrected chi connectivity index (χ1v) is 11.1. The van der Waals surface area contributed by atoms with Crippen molar-refractivity contribution < 1.29 is 8.42 Å². The molecule has 2 fully saturated rings. The van der Waals surface area contributed by atoms with Crippen molar-refractivity contribution >= 4 is 40.0 Å². The van der Waals surface area contributed by atoms with E-state index in [1.807, 2.05) is 13.8 Å². The van der Waals surface area contributed by atoms with Crippen LogP contribution in [-0.4, -0.2) is 57.3 Å². The summed E-state index contributed by atoms with van der Waals surface area (Å²) >= 11 is 0. The van der Waals surface area contributed by atoms with Gasteiger partial charge < -0.3 is 10.2 Å². The zero-order valence-corrected chi connectivity index (χ0v) is 19.2. The lowest BCUT2D eigenvalue weighted by molar-refractivity contribution is 0.203. The number of halogens is 1. The Balaban J connectivity index is 0.00000312. The fourth-order valence-corrected chi connectivity index (χ4v) is 5.13. The SMILES string of the molecule is CCNC(=NCC(C)(C)NS(C)(=O)=O)N1CCC2(CCCCC2)C1.I. The second-order valence-electron chi connectivity index (χ2n) is 8.16. The molecule has 0 bridgehead atoms. The summed E-state index contributed by atoms with van der Waals surface area (Å²) in [6.07, 6.45) is 9.20. The van der Waals surface area contributed by atoms with Gasteiger partial charge in [-0.1, -0.05) is 19.3 Å². The number of rotatable bonds is 5. The lowest BCUT2D eigenvalue weighted by Gasteiger charge is -2.34. The molecule has 0 atom stereocenters. The van der Waals surface area contributed by atoms with Gasteiger partial charge in [0, 0.05) is 25.2 Å². The Morgan fingerprint density at radius 2 is 1.84 bits per heavy atom. The predicted molar refractivity (Wildman–Crippen MR) is 115 cm³/mol. The van der Waals surface area contributed by atoms with Crippen LogP contribution >= 0.6 is 24.0 Å². The molecule has 148 valence electrons. The number of nitrogens with one attached hydrogen (secondary N) is 2. The van der Waals surface area contributed by atoms with E-state index >= 15 is 0 Å². The third-order valence-electron chi connectivity index (χ3n) is 5.07. The molecular formula is C17H35IN4O2S. The first-order chi connectivity index (χ1) is 11.1. The number of hydrogen-bond donors (Lipinski definition) is 2. The molecule has 1 saturated carbocycles. The molecule has 0 radical (unpaired) electrons. The van der Waals surface area contributed by atoms with Crippen molar-refractivity contribution in [2.45, 2.75) is 64.8 Å². The van der Waals surface area contributed by atoms with E-state index in [4.69, 9.17) is 4.99 Å². The Kier molecular flexibility index (Phi) is 8.46. The highest BCUT2D eigenvalue weighted by molar-refractivity contribution is 14.0. The first-order valence-electron chi connectivity index (χ1n) is 9.17. The minimum atomic E-state index is -3.24. The van der Waals surface area contributed by atoms with Gasteiger partial charge in [-0.15, -0.1) is 24.0 Å². The predicted octanol–water partition coefficient (Wildman–Crippen LogP) is 2.55. The zero-order valence-electron chi connectivity index (χ0n) is 16.1. The van der Waals surface area contributed by atoms with Crippen LogP contribution in [-0.2, 0) is 10.0 Å². The van der Waals surface area contributed by atoms with E-state index in [1.165, 1.54) is 44.8 Å². The maximum atomic E-state index is 11.5. The van der Waals surface area contributed by atoms with Gasteiger partial charge in [0.2, 0.25) is 10.0 Å². The Labute approximate surface area is 170 Å². The molecule has 6 nitrogen and oxygen atoms in total. The largest absolute Gasteiger partial charge is 0.357 e. The highest BCUT2D eigenvalue weighted by Gasteiger charge is 2.39. The fraction of sp³-hybridized carbons (Fsp3) is 0.941. The topological polar surface area (TPSA) is 73.8 Å². The molecule has 1 aliphatic heterocycles. The number of aliphatic imine (C=N–C) groups is 1. The number of guanidine groups is 1. The van der Waals surface area contributed by atoms with Crippen LogP contribution in [0.15, 0.2) is 4.99 Å². The van der Waals surface area contributed by atoms with Crippen molar-refractivity contribution in [1.82, 2.24) is 14.9 Å². The van der Waals surface area contributed by atoms with Gasteiger partial charge in [-0.3, -0.25) is 4.99 Å². The van der Waals surface area contributed by atoms with E-state index in [2.05, 4.69) is 21.9 Å². The molecule has 2 N–H and O–H groups in total. The van der Waals surface area contributed by atoms with E-state index < -0.39 is 15.6 Å². The number of nitrogens with zero attached hydrogens (tertiary/aromatic N) is 2. The average Bonchev–Trinajstić information content (AvgIpc) is 2.85. The molecule has 1 spiro atoms. The van der Waals surface area contributed by atoms with Crippen LogP contribution in [0, 0.1) is 5.41 Å². The average molecular weight is 486 g/mol. The Hall–Kier alpha value is -0.0900. The highest BCUT2D eigenvalue weighted by atomic mass is 127. The van der Waals surface area contributed by atoms with E-state index in [-0.39, 0.29) is 24.0 Å². The van der Waals surface area contributed by atoms with E-state index in [0.717, 1.165) is 25.6 Å². The Bertz CT molecular complexity index is 557. The smallest absolute Gasteiger partial charge is 0.209 e. The Morgan fingerprint density at radius 3 is 2.40 bits per heavy atom. The van der Waals surface area contributed by atoms with Crippen LogP contribution in [0.25, 0.3) is 0 Å².